The van der Waals surface area contributed by atoms with E-state index in [1.54, 1.807) is 4.90 Å². The van der Waals surface area contributed by atoms with Crippen LogP contribution in [-0.2, 0) is 9.59 Å². The van der Waals surface area contributed by atoms with Crippen LogP contribution in [0.4, 0.5) is 10.8 Å². The van der Waals surface area contributed by atoms with Gasteiger partial charge in [-0.1, -0.05) is 41.3 Å². The van der Waals surface area contributed by atoms with Crippen molar-refractivity contribution in [3.8, 4) is 11.5 Å². The highest BCUT2D eigenvalue weighted by Crippen LogP contribution is 2.29. The van der Waals surface area contributed by atoms with Gasteiger partial charge in [-0.3, -0.25) is 9.59 Å². The minimum atomic E-state index is -0.338. The molecule has 1 fully saturated rings. The highest BCUT2D eigenvalue weighted by Gasteiger charge is 2.27. The summed E-state index contributed by atoms with van der Waals surface area (Å²) >= 11 is 2.73. The molecule has 3 aromatic rings. The average molecular weight is 470 g/mol. The fourth-order valence-corrected chi connectivity index (χ4v) is 5.00. The first-order chi connectivity index (χ1) is 15.6. The number of benzene rings is 2. The van der Waals surface area contributed by atoms with Crippen molar-refractivity contribution < 1.29 is 14.3 Å². The van der Waals surface area contributed by atoms with E-state index in [-0.39, 0.29) is 23.5 Å². The van der Waals surface area contributed by atoms with Gasteiger partial charge in [-0.05, 0) is 49.2 Å². The van der Waals surface area contributed by atoms with Crippen LogP contribution >= 0.6 is 23.1 Å². The van der Waals surface area contributed by atoms with Crippen molar-refractivity contribution in [2.75, 3.05) is 24.2 Å². The number of piperidine rings is 1. The smallest absolute Gasteiger partial charge is 0.233 e. The second-order valence-electron chi connectivity index (χ2n) is 7.31. The summed E-state index contributed by atoms with van der Waals surface area (Å²) in [5.41, 5.74) is 6.25. The maximum absolute atomic E-state index is 12.5. The number of hydrogen-bond donors (Lipinski definition) is 2. The number of carbonyl (C=O) groups is 2. The van der Waals surface area contributed by atoms with Crippen LogP contribution in [0.5, 0.6) is 11.5 Å². The molecule has 10 heteroatoms. The summed E-state index contributed by atoms with van der Waals surface area (Å²) in [6.45, 7) is 1.07. The number of amides is 2. The van der Waals surface area contributed by atoms with Crippen molar-refractivity contribution in [2.24, 2.45) is 11.7 Å². The molecule has 1 atom stereocenters. The topological polar surface area (TPSA) is 110 Å². The molecule has 1 saturated heterocycles. The number of carbonyl (C=O) groups excluding carboxylic acids is 2. The van der Waals surface area contributed by atoms with Gasteiger partial charge < -0.3 is 20.7 Å². The standard InChI is InChI=1S/C22H23N5O3S2/c23-20(29)15-5-4-12-27(13-15)19(28)14-31-22-26-25-21(32-22)24-16-8-10-18(11-9-16)30-17-6-2-1-3-7-17/h1-3,6-11,15H,4-5,12-14H2,(H2,23,29)(H,24,25)/t15-/m1/s1. The zero-order valence-electron chi connectivity index (χ0n) is 17.3. The van der Waals surface area contributed by atoms with Crippen molar-refractivity contribution in [2.45, 2.75) is 17.2 Å². The monoisotopic (exact) mass is 469 g/mol. The molecule has 2 amide bonds. The third-order valence-electron chi connectivity index (χ3n) is 4.99. The van der Waals surface area contributed by atoms with Crippen molar-refractivity contribution in [3.63, 3.8) is 0 Å². The third kappa shape index (κ3) is 5.98. The number of nitrogens with zero attached hydrogens (tertiary/aromatic N) is 3. The van der Waals surface area contributed by atoms with E-state index in [1.807, 2.05) is 54.6 Å². The van der Waals surface area contributed by atoms with Crippen molar-refractivity contribution in [1.29, 1.82) is 0 Å². The number of nitrogens with two attached hydrogens (primary N) is 1. The molecular weight excluding hydrogens is 446 g/mol. The largest absolute Gasteiger partial charge is 0.457 e. The molecule has 2 heterocycles. The summed E-state index contributed by atoms with van der Waals surface area (Å²) in [6.07, 6.45) is 1.54. The summed E-state index contributed by atoms with van der Waals surface area (Å²) in [5.74, 6) is 1.17. The van der Waals surface area contributed by atoms with E-state index in [9.17, 15) is 9.59 Å². The zero-order valence-corrected chi connectivity index (χ0v) is 18.9. The lowest BCUT2D eigenvalue weighted by molar-refractivity contribution is -0.132. The molecular formula is C22H23N5O3S2. The highest BCUT2D eigenvalue weighted by atomic mass is 32.2. The van der Waals surface area contributed by atoms with Gasteiger partial charge in [0.2, 0.25) is 16.9 Å². The molecule has 0 aliphatic carbocycles. The number of rotatable bonds is 8. The minimum absolute atomic E-state index is 0.0142. The fraction of sp³-hybridized carbons (Fsp3) is 0.273. The number of thioether (sulfide) groups is 1. The number of para-hydroxylation sites is 1. The Morgan fingerprint density at radius 1 is 1.12 bits per heavy atom. The van der Waals surface area contributed by atoms with Crippen LogP contribution in [-0.4, -0.2) is 45.8 Å². The van der Waals surface area contributed by atoms with Crippen LogP contribution in [0.3, 0.4) is 0 Å². The molecule has 0 spiro atoms. The van der Waals surface area contributed by atoms with Crippen LogP contribution in [0, 0.1) is 5.92 Å². The van der Waals surface area contributed by atoms with Gasteiger partial charge in [-0.2, -0.15) is 0 Å². The number of likely N-dealkylation sites (tertiary alicyclic amines) is 1. The van der Waals surface area contributed by atoms with Crippen LogP contribution in [0.2, 0.25) is 0 Å². The first-order valence-electron chi connectivity index (χ1n) is 10.2. The van der Waals surface area contributed by atoms with E-state index in [4.69, 9.17) is 10.5 Å². The Kier molecular flexibility index (Phi) is 7.23. The van der Waals surface area contributed by atoms with Crippen molar-refractivity contribution in [1.82, 2.24) is 15.1 Å². The molecule has 1 aliphatic rings. The third-order valence-corrected chi connectivity index (χ3v) is 6.94. The van der Waals surface area contributed by atoms with Gasteiger partial charge in [0.05, 0.1) is 11.7 Å². The number of hydrogen-bond acceptors (Lipinski definition) is 8. The Morgan fingerprint density at radius 3 is 2.62 bits per heavy atom. The molecule has 0 unspecified atom stereocenters. The first kappa shape index (κ1) is 22.1. The van der Waals surface area contributed by atoms with E-state index in [0.29, 0.717) is 22.6 Å². The van der Waals surface area contributed by atoms with E-state index in [1.165, 1.54) is 23.1 Å². The number of primary amides is 1. The summed E-state index contributed by atoms with van der Waals surface area (Å²) < 4.78 is 6.50. The summed E-state index contributed by atoms with van der Waals surface area (Å²) in [6, 6.07) is 17.2. The average Bonchev–Trinajstić information content (AvgIpc) is 3.27. The maximum Gasteiger partial charge on any atom is 0.233 e. The van der Waals surface area contributed by atoms with E-state index < -0.39 is 0 Å². The highest BCUT2D eigenvalue weighted by molar-refractivity contribution is 8.01. The summed E-state index contributed by atoms with van der Waals surface area (Å²) in [7, 11) is 0. The number of ether oxygens (including phenoxy) is 1. The van der Waals surface area contributed by atoms with E-state index in [0.717, 1.165) is 30.0 Å². The van der Waals surface area contributed by atoms with Crippen molar-refractivity contribution >= 4 is 45.7 Å². The second kappa shape index (κ2) is 10.5. The molecule has 4 rings (SSSR count). The normalized spacial score (nSPS) is 15.9. The molecule has 32 heavy (non-hydrogen) atoms. The maximum atomic E-state index is 12.5. The summed E-state index contributed by atoms with van der Waals surface area (Å²) in [4.78, 5) is 25.6. The molecule has 8 nitrogen and oxygen atoms in total. The Morgan fingerprint density at radius 2 is 1.88 bits per heavy atom. The van der Waals surface area contributed by atoms with Gasteiger partial charge in [0.1, 0.15) is 11.5 Å². The van der Waals surface area contributed by atoms with Gasteiger partial charge in [0.15, 0.2) is 4.34 Å². The zero-order chi connectivity index (χ0) is 22.3. The Hall–Kier alpha value is -3.11. The lowest BCUT2D eigenvalue weighted by Crippen LogP contribution is -2.44. The van der Waals surface area contributed by atoms with Gasteiger partial charge >= 0.3 is 0 Å². The molecule has 0 saturated carbocycles. The molecule has 0 bridgehead atoms. The second-order valence-corrected chi connectivity index (χ2v) is 9.51. The fourth-order valence-electron chi connectivity index (χ4n) is 3.32. The van der Waals surface area contributed by atoms with Crippen LogP contribution in [0.1, 0.15) is 12.8 Å². The Labute approximate surface area is 194 Å². The van der Waals surface area contributed by atoms with Gasteiger partial charge in [0, 0.05) is 18.8 Å². The lowest BCUT2D eigenvalue weighted by Gasteiger charge is -2.31. The number of nitrogens with one attached hydrogen (secondary N) is 1. The first-order valence-corrected chi connectivity index (χ1v) is 12.0. The SMILES string of the molecule is NC(=O)[C@@H]1CCCN(C(=O)CSc2nnc(Nc3ccc(Oc4ccccc4)cc3)s2)C1. The van der Waals surface area contributed by atoms with Crippen LogP contribution in [0.25, 0.3) is 0 Å². The van der Waals surface area contributed by atoms with Crippen molar-refractivity contribution in [3.05, 3.63) is 54.6 Å². The molecule has 1 aliphatic heterocycles. The Bertz CT molecular complexity index is 1060. The van der Waals surface area contributed by atoms with Gasteiger partial charge in [0.25, 0.3) is 0 Å². The minimum Gasteiger partial charge on any atom is -0.457 e. The lowest BCUT2D eigenvalue weighted by atomic mass is 9.97. The molecule has 166 valence electrons. The molecule has 1 aromatic heterocycles. The Balaban J connectivity index is 1.26. The quantitative estimate of drug-likeness (QED) is 0.482. The molecule has 3 N–H and O–H groups in total. The van der Waals surface area contributed by atoms with E-state index in [2.05, 4.69) is 15.5 Å². The predicted molar refractivity (Wildman–Crippen MR) is 125 cm³/mol. The summed E-state index contributed by atoms with van der Waals surface area (Å²) in [5, 5.41) is 12.1. The van der Waals surface area contributed by atoms with E-state index >= 15 is 0 Å². The van der Waals surface area contributed by atoms with Gasteiger partial charge in [-0.25, -0.2) is 0 Å². The van der Waals surface area contributed by atoms with Gasteiger partial charge in [-0.15, -0.1) is 10.2 Å². The van der Waals surface area contributed by atoms with Crippen LogP contribution < -0.4 is 15.8 Å². The number of anilines is 2. The predicted octanol–water partition coefficient (Wildman–Crippen LogP) is 3.89. The molecule has 2 aromatic carbocycles. The van der Waals surface area contributed by atoms with Crippen LogP contribution in [0.15, 0.2) is 58.9 Å². The molecule has 0 radical (unpaired) electrons. The number of aromatic nitrogens is 2.